The summed E-state index contributed by atoms with van der Waals surface area (Å²) in [6, 6.07) is 7.25. The van der Waals surface area contributed by atoms with Crippen LogP contribution in [0.5, 0.6) is 5.75 Å². The highest BCUT2D eigenvalue weighted by Gasteiger charge is 2.33. The van der Waals surface area contributed by atoms with Crippen LogP contribution in [0.4, 0.5) is 0 Å². The maximum Gasteiger partial charge on any atom is 0.260 e. The van der Waals surface area contributed by atoms with Gasteiger partial charge in [-0.05, 0) is 80.6 Å². The number of sulfonamides is 1. The molecule has 31 heavy (non-hydrogen) atoms. The molecular weight excluding hydrogens is 436 g/mol. The summed E-state index contributed by atoms with van der Waals surface area (Å²) in [4.78, 5) is 14.6. The van der Waals surface area contributed by atoms with Gasteiger partial charge in [-0.3, -0.25) is 4.79 Å². The van der Waals surface area contributed by atoms with E-state index in [2.05, 4.69) is 0 Å². The normalized spacial score (nSPS) is 15.2. The number of piperazine rings is 1. The van der Waals surface area contributed by atoms with E-state index in [9.17, 15) is 13.2 Å². The highest BCUT2D eigenvalue weighted by Crippen LogP contribution is 2.29. The second-order valence-electron chi connectivity index (χ2n) is 8.07. The predicted octanol–water partition coefficient (Wildman–Crippen LogP) is 3.79. The Bertz CT molecular complexity index is 1080. The minimum Gasteiger partial charge on any atom is -0.483 e. The highest BCUT2D eigenvalue weighted by atomic mass is 35.5. The van der Waals surface area contributed by atoms with Gasteiger partial charge in [0.15, 0.2) is 6.61 Å². The molecule has 1 heterocycles. The van der Waals surface area contributed by atoms with Gasteiger partial charge in [0.2, 0.25) is 10.0 Å². The molecule has 0 atom stereocenters. The quantitative estimate of drug-likeness (QED) is 0.675. The molecule has 1 amide bonds. The minimum atomic E-state index is -3.63. The Morgan fingerprint density at radius 2 is 1.52 bits per heavy atom. The van der Waals surface area contributed by atoms with Crippen LogP contribution in [0, 0.1) is 34.6 Å². The Kier molecular flexibility index (Phi) is 6.98. The molecule has 0 radical (unpaired) electrons. The second-order valence-corrected chi connectivity index (χ2v) is 10.4. The fourth-order valence-electron chi connectivity index (χ4n) is 3.88. The van der Waals surface area contributed by atoms with Gasteiger partial charge in [-0.1, -0.05) is 17.7 Å². The van der Waals surface area contributed by atoms with Crippen LogP contribution in [0.1, 0.15) is 27.8 Å². The molecule has 6 nitrogen and oxygen atoms in total. The average molecular weight is 465 g/mol. The van der Waals surface area contributed by atoms with E-state index in [0.717, 1.165) is 27.8 Å². The lowest BCUT2D eigenvalue weighted by Gasteiger charge is -2.34. The fraction of sp³-hybridized carbons (Fsp3) is 0.435. The third kappa shape index (κ3) is 4.89. The first kappa shape index (κ1) is 23.6. The minimum absolute atomic E-state index is 0.0927. The molecule has 1 aliphatic heterocycles. The topological polar surface area (TPSA) is 66.9 Å². The number of aryl methyl sites for hydroxylation is 3. The van der Waals surface area contributed by atoms with Crippen molar-refractivity contribution in [1.29, 1.82) is 0 Å². The predicted molar refractivity (Wildman–Crippen MR) is 122 cm³/mol. The third-order valence-corrected chi connectivity index (χ3v) is 8.38. The Balaban J connectivity index is 1.66. The molecule has 0 aromatic heterocycles. The number of ether oxygens (including phenoxy) is 1. The molecule has 8 heteroatoms. The van der Waals surface area contributed by atoms with Crippen molar-refractivity contribution in [3.8, 4) is 5.75 Å². The molecule has 0 aliphatic carbocycles. The van der Waals surface area contributed by atoms with E-state index < -0.39 is 10.0 Å². The Labute approximate surface area is 189 Å². The molecule has 3 rings (SSSR count). The molecule has 1 aliphatic rings. The number of halogens is 1. The lowest BCUT2D eigenvalue weighted by molar-refractivity contribution is -0.134. The van der Waals surface area contributed by atoms with Gasteiger partial charge < -0.3 is 9.64 Å². The number of hydrogen-bond acceptors (Lipinski definition) is 4. The van der Waals surface area contributed by atoms with E-state index in [4.69, 9.17) is 16.3 Å². The smallest absolute Gasteiger partial charge is 0.260 e. The molecule has 2 aromatic rings. The van der Waals surface area contributed by atoms with Gasteiger partial charge in [0.1, 0.15) is 5.75 Å². The second kappa shape index (κ2) is 9.18. The van der Waals surface area contributed by atoms with Crippen molar-refractivity contribution in [2.75, 3.05) is 32.8 Å². The lowest BCUT2D eigenvalue weighted by Crippen LogP contribution is -2.51. The van der Waals surface area contributed by atoms with Crippen LogP contribution in [0.3, 0.4) is 0 Å². The molecule has 168 valence electrons. The zero-order chi connectivity index (χ0) is 22.9. The number of nitrogens with zero attached hydrogens (tertiary/aromatic N) is 2. The first-order valence-electron chi connectivity index (χ1n) is 10.3. The Morgan fingerprint density at radius 3 is 2.06 bits per heavy atom. The van der Waals surface area contributed by atoms with Gasteiger partial charge in [-0.25, -0.2) is 8.42 Å². The summed E-state index contributed by atoms with van der Waals surface area (Å²) in [7, 11) is -3.63. The molecule has 0 bridgehead atoms. The van der Waals surface area contributed by atoms with Gasteiger partial charge in [-0.2, -0.15) is 4.31 Å². The molecule has 2 aromatic carbocycles. The molecule has 0 spiro atoms. The summed E-state index contributed by atoms with van der Waals surface area (Å²) in [6.45, 7) is 10.5. The van der Waals surface area contributed by atoms with E-state index >= 15 is 0 Å². The van der Waals surface area contributed by atoms with Crippen molar-refractivity contribution in [3.63, 3.8) is 0 Å². The van der Waals surface area contributed by atoms with E-state index in [-0.39, 0.29) is 25.6 Å². The van der Waals surface area contributed by atoms with Gasteiger partial charge in [-0.15, -0.1) is 0 Å². The largest absolute Gasteiger partial charge is 0.483 e. The van der Waals surface area contributed by atoms with Crippen LogP contribution in [-0.2, 0) is 14.8 Å². The van der Waals surface area contributed by atoms with Crippen LogP contribution >= 0.6 is 11.6 Å². The standard InChI is InChI=1S/C23H29ClN2O4S/c1-15-12-16(2)19(5)23(18(15)4)31(28,29)26-10-8-25(9-11-26)22(27)14-30-21-7-6-20(24)13-17(21)3/h6-7,12-13H,8-11,14H2,1-5H3. The number of amides is 1. The summed E-state index contributed by atoms with van der Waals surface area (Å²) < 4.78 is 33.9. The summed E-state index contributed by atoms with van der Waals surface area (Å²) in [6.07, 6.45) is 0. The van der Waals surface area contributed by atoms with E-state index in [0.29, 0.717) is 28.8 Å². The van der Waals surface area contributed by atoms with Crippen molar-refractivity contribution < 1.29 is 17.9 Å². The highest BCUT2D eigenvalue weighted by molar-refractivity contribution is 7.89. The number of carbonyl (C=O) groups excluding carboxylic acids is 1. The van der Waals surface area contributed by atoms with Crippen LogP contribution < -0.4 is 4.74 Å². The van der Waals surface area contributed by atoms with Gasteiger partial charge in [0.25, 0.3) is 5.91 Å². The summed E-state index contributed by atoms with van der Waals surface area (Å²) in [5.74, 6) is 0.449. The molecule has 0 saturated carbocycles. The monoisotopic (exact) mass is 464 g/mol. The third-order valence-electron chi connectivity index (χ3n) is 5.97. The molecular formula is C23H29ClN2O4S. The van der Waals surface area contributed by atoms with E-state index in [1.807, 2.05) is 40.7 Å². The zero-order valence-electron chi connectivity index (χ0n) is 18.7. The summed E-state index contributed by atoms with van der Waals surface area (Å²) in [5, 5.41) is 0.614. The van der Waals surface area contributed by atoms with Gasteiger partial charge >= 0.3 is 0 Å². The lowest BCUT2D eigenvalue weighted by atomic mass is 10.0. The molecule has 1 fully saturated rings. The van der Waals surface area contributed by atoms with Gasteiger partial charge in [0.05, 0.1) is 4.90 Å². The molecule has 0 unspecified atom stereocenters. The summed E-state index contributed by atoms with van der Waals surface area (Å²) >= 11 is 5.95. The molecule has 1 saturated heterocycles. The zero-order valence-corrected chi connectivity index (χ0v) is 20.2. The SMILES string of the molecule is Cc1cc(Cl)ccc1OCC(=O)N1CCN(S(=O)(=O)c2c(C)c(C)cc(C)c2C)CC1. The van der Waals surface area contributed by atoms with Crippen molar-refractivity contribution in [2.24, 2.45) is 0 Å². The number of hydrogen-bond donors (Lipinski definition) is 0. The van der Waals surface area contributed by atoms with Crippen LogP contribution in [0.25, 0.3) is 0 Å². The van der Waals surface area contributed by atoms with Crippen molar-refractivity contribution in [1.82, 2.24) is 9.21 Å². The Hall–Kier alpha value is -2.09. The maximum atomic E-state index is 13.4. The van der Waals surface area contributed by atoms with E-state index in [1.54, 1.807) is 23.1 Å². The first-order chi connectivity index (χ1) is 14.5. The maximum absolute atomic E-state index is 13.4. The van der Waals surface area contributed by atoms with Crippen molar-refractivity contribution in [2.45, 2.75) is 39.5 Å². The average Bonchev–Trinajstić information content (AvgIpc) is 2.71. The number of carbonyl (C=O) groups is 1. The molecule has 0 N–H and O–H groups in total. The van der Waals surface area contributed by atoms with Crippen LogP contribution in [-0.4, -0.2) is 56.3 Å². The number of benzene rings is 2. The summed E-state index contributed by atoms with van der Waals surface area (Å²) in [5.41, 5.74) is 4.35. The first-order valence-corrected chi connectivity index (χ1v) is 12.1. The van der Waals surface area contributed by atoms with Crippen molar-refractivity contribution in [3.05, 3.63) is 57.1 Å². The van der Waals surface area contributed by atoms with Crippen molar-refractivity contribution >= 4 is 27.5 Å². The Morgan fingerprint density at radius 1 is 0.935 bits per heavy atom. The van der Waals surface area contributed by atoms with Gasteiger partial charge in [0, 0.05) is 31.2 Å². The van der Waals surface area contributed by atoms with Crippen LogP contribution in [0.2, 0.25) is 5.02 Å². The van der Waals surface area contributed by atoms with E-state index in [1.165, 1.54) is 4.31 Å². The number of rotatable bonds is 5. The van der Waals surface area contributed by atoms with Crippen LogP contribution in [0.15, 0.2) is 29.2 Å². The fourth-order valence-corrected chi connectivity index (χ4v) is 6.10.